The van der Waals surface area contributed by atoms with E-state index in [9.17, 15) is 22.8 Å². The molecule has 0 aromatic carbocycles. The highest BCUT2D eigenvalue weighted by molar-refractivity contribution is 5.81. The maximum absolute atomic E-state index is 12.6. The predicted molar refractivity (Wildman–Crippen MR) is 95.9 cm³/mol. The summed E-state index contributed by atoms with van der Waals surface area (Å²) in [6.07, 6.45) is -0.386. The number of likely N-dealkylation sites (tertiary alicyclic amines) is 2. The summed E-state index contributed by atoms with van der Waals surface area (Å²) in [4.78, 5) is 31.0. The van der Waals surface area contributed by atoms with Gasteiger partial charge in [0.2, 0.25) is 0 Å². The van der Waals surface area contributed by atoms with Crippen LogP contribution in [0.15, 0.2) is 18.3 Å². The number of urea groups is 2. The number of nitrogens with one attached hydrogen (secondary N) is 2. The van der Waals surface area contributed by atoms with Gasteiger partial charge < -0.3 is 20.4 Å². The number of carbonyl (C=O) groups is 2. The second kappa shape index (κ2) is 5.99. The zero-order chi connectivity index (χ0) is 20.4. The summed E-state index contributed by atoms with van der Waals surface area (Å²) in [6, 6.07) is 2.39. The highest BCUT2D eigenvalue weighted by atomic mass is 19.4. The van der Waals surface area contributed by atoms with Gasteiger partial charge in [-0.05, 0) is 36.8 Å². The smallest absolute Gasteiger partial charge is 0.336 e. The molecule has 4 heterocycles. The molecule has 4 fully saturated rings. The second-order valence-corrected chi connectivity index (χ2v) is 9.11. The van der Waals surface area contributed by atoms with E-state index in [0.29, 0.717) is 25.6 Å². The Morgan fingerprint density at radius 1 is 1.17 bits per heavy atom. The zero-order valence-corrected chi connectivity index (χ0v) is 15.8. The fourth-order valence-corrected chi connectivity index (χ4v) is 5.30. The van der Waals surface area contributed by atoms with E-state index in [1.807, 2.05) is 4.90 Å². The first-order valence-corrected chi connectivity index (χ1v) is 9.78. The highest BCUT2D eigenvalue weighted by Gasteiger charge is 2.56. The van der Waals surface area contributed by atoms with Crippen molar-refractivity contribution in [3.63, 3.8) is 0 Å². The molecule has 3 aliphatic heterocycles. The van der Waals surface area contributed by atoms with E-state index in [1.54, 1.807) is 4.90 Å². The minimum Gasteiger partial charge on any atom is -0.336 e. The molecule has 0 atom stereocenters. The molecule has 0 unspecified atom stereocenters. The number of pyridine rings is 1. The monoisotopic (exact) mass is 409 g/mol. The molecule has 4 amide bonds. The molecular weight excluding hydrogens is 387 g/mol. The maximum Gasteiger partial charge on any atom is 0.433 e. The molecule has 1 aliphatic carbocycles. The van der Waals surface area contributed by atoms with E-state index in [-0.39, 0.29) is 23.0 Å². The van der Waals surface area contributed by atoms with Gasteiger partial charge in [0, 0.05) is 44.3 Å². The summed E-state index contributed by atoms with van der Waals surface area (Å²) in [5.41, 5.74) is -0.166. The largest absolute Gasteiger partial charge is 0.433 e. The fraction of sp³-hybridized carbons (Fsp3) is 0.632. The average Bonchev–Trinajstić information content (AvgIpc) is 2.96. The fourth-order valence-electron chi connectivity index (χ4n) is 5.30. The number of halogens is 3. The molecule has 29 heavy (non-hydrogen) atoms. The van der Waals surface area contributed by atoms with Crippen LogP contribution in [-0.2, 0) is 12.6 Å². The average molecular weight is 409 g/mol. The molecule has 3 saturated heterocycles. The van der Waals surface area contributed by atoms with Gasteiger partial charge in [0.25, 0.3) is 0 Å². The summed E-state index contributed by atoms with van der Waals surface area (Å²) < 4.78 is 37.8. The van der Waals surface area contributed by atoms with Crippen LogP contribution in [0.3, 0.4) is 0 Å². The lowest BCUT2D eigenvalue weighted by atomic mass is 9.56. The van der Waals surface area contributed by atoms with Gasteiger partial charge in [-0.1, -0.05) is 6.07 Å². The highest BCUT2D eigenvalue weighted by Crippen LogP contribution is 2.53. The van der Waals surface area contributed by atoms with Gasteiger partial charge in [-0.2, -0.15) is 13.2 Å². The van der Waals surface area contributed by atoms with Crippen molar-refractivity contribution in [2.24, 2.45) is 11.3 Å². The van der Waals surface area contributed by atoms with Crippen molar-refractivity contribution in [1.29, 1.82) is 0 Å². The van der Waals surface area contributed by atoms with Crippen LogP contribution in [0.1, 0.15) is 24.1 Å². The van der Waals surface area contributed by atoms with Crippen LogP contribution in [-0.4, -0.2) is 65.1 Å². The molecule has 2 spiro atoms. The van der Waals surface area contributed by atoms with Gasteiger partial charge in [0.15, 0.2) is 0 Å². The number of alkyl halides is 3. The Labute approximate surface area is 165 Å². The normalized spacial score (nSPS) is 24.6. The summed E-state index contributed by atoms with van der Waals surface area (Å²) in [5.74, 6) is 0.429. The molecule has 1 saturated carbocycles. The van der Waals surface area contributed by atoms with E-state index >= 15 is 0 Å². The summed E-state index contributed by atoms with van der Waals surface area (Å²) in [6.45, 7) is 3.11. The lowest BCUT2D eigenvalue weighted by Gasteiger charge is -2.61. The summed E-state index contributed by atoms with van der Waals surface area (Å²) >= 11 is 0. The van der Waals surface area contributed by atoms with Crippen molar-refractivity contribution in [3.05, 3.63) is 29.6 Å². The Morgan fingerprint density at radius 2 is 1.86 bits per heavy atom. The Morgan fingerprint density at radius 3 is 2.41 bits per heavy atom. The maximum atomic E-state index is 12.6. The molecule has 7 nitrogen and oxygen atoms in total. The quantitative estimate of drug-likeness (QED) is 0.783. The van der Waals surface area contributed by atoms with E-state index in [4.69, 9.17) is 0 Å². The molecular formula is C19H22F3N5O2. The molecule has 1 aromatic heterocycles. The minimum absolute atomic E-state index is 0.0257. The van der Waals surface area contributed by atoms with Crippen LogP contribution >= 0.6 is 0 Å². The Bertz CT molecular complexity index is 836. The van der Waals surface area contributed by atoms with Gasteiger partial charge in [0.1, 0.15) is 5.69 Å². The van der Waals surface area contributed by atoms with Gasteiger partial charge in [-0.15, -0.1) is 0 Å². The number of hydrogen-bond donors (Lipinski definition) is 2. The van der Waals surface area contributed by atoms with Crippen molar-refractivity contribution in [2.45, 2.75) is 31.0 Å². The van der Waals surface area contributed by atoms with Crippen molar-refractivity contribution < 1.29 is 22.8 Å². The van der Waals surface area contributed by atoms with Crippen molar-refractivity contribution in [2.75, 3.05) is 32.7 Å². The van der Waals surface area contributed by atoms with Crippen molar-refractivity contribution >= 4 is 12.1 Å². The Hall–Kier alpha value is -2.52. The van der Waals surface area contributed by atoms with Gasteiger partial charge >= 0.3 is 18.2 Å². The van der Waals surface area contributed by atoms with Crippen LogP contribution in [0, 0.1) is 11.3 Å². The molecule has 0 bridgehead atoms. The number of aromatic nitrogens is 1. The number of amides is 4. The van der Waals surface area contributed by atoms with E-state index in [1.165, 1.54) is 12.3 Å². The third-order valence-electron chi connectivity index (χ3n) is 6.63. The first-order chi connectivity index (χ1) is 13.7. The predicted octanol–water partition coefficient (Wildman–Crippen LogP) is 1.84. The molecule has 0 radical (unpaired) electrons. The van der Waals surface area contributed by atoms with Gasteiger partial charge in [-0.3, -0.25) is 4.98 Å². The lowest BCUT2D eigenvalue weighted by Crippen LogP contribution is -2.74. The number of nitrogens with zero attached hydrogens (tertiary/aromatic N) is 3. The third-order valence-corrected chi connectivity index (χ3v) is 6.63. The van der Waals surface area contributed by atoms with Crippen LogP contribution in [0.5, 0.6) is 0 Å². The first-order valence-electron chi connectivity index (χ1n) is 9.78. The number of hydrogen-bond acceptors (Lipinski definition) is 3. The van der Waals surface area contributed by atoms with Crippen molar-refractivity contribution in [3.8, 4) is 0 Å². The molecule has 5 rings (SSSR count). The number of carbonyl (C=O) groups excluding carboxylic acids is 2. The molecule has 1 aromatic rings. The number of rotatable bonds is 2. The lowest BCUT2D eigenvalue weighted by molar-refractivity contribution is -0.141. The van der Waals surface area contributed by atoms with Crippen molar-refractivity contribution in [1.82, 2.24) is 25.4 Å². The van der Waals surface area contributed by atoms with Crippen LogP contribution in [0.25, 0.3) is 0 Å². The molecule has 156 valence electrons. The van der Waals surface area contributed by atoms with Gasteiger partial charge in [0.05, 0.1) is 5.54 Å². The topological polar surface area (TPSA) is 77.6 Å². The van der Waals surface area contributed by atoms with Gasteiger partial charge in [-0.25, -0.2) is 9.59 Å². The van der Waals surface area contributed by atoms with E-state index < -0.39 is 11.9 Å². The first kappa shape index (κ1) is 18.5. The Balaban J connectivity index is 1.06. The molecule has 10 heteroatoms. The second-order valence-electron chi connectivity index (χ2n) is 9.11. The SMILES string of the molecule is O=C1NCC2(CN(C(=O)N3CC4(CC(Cc5ccc(C(F)(F)F)nc5)C4)C3)C2)N1. The molecule has 4 aliphatic rings. The van der Waals surface area contributed by atoms with E-state index in [2.05, 4.69) is 15.6 Å². The van der Waals surface area contributed by atoms with Crippen LogP contribution in [0.2, 0.25) is 0 Å². The summed E-state index contributed by atoms with van der Waals surface area (Å²) in [5, 5.41) is 5.61. The summed E-state index contributed by atoms with van der Waals surface area (Å²) in [7, 11) is 0. The van der Waals surface area contributed by atoms with E-state index in [0.717, 1.165) is 44.0 Å². The Kier molecular flexibility index (Phi) is 3.82. The van der Waals surface area contributed by atoms with Crippen LogP contribution in [0.4, 0.5) is 22.8 Å². The van der Waals surface area contributed by atoms with Crippen LogP contribution < -0.4 is 10.6 Å². The standard InChI is InChI=1S/C19H22F3N5O2/c20-19(21,22)14-2-1-12(6-23-14)3-13-4-17(5-13)8-26(9-17)16(29)27-10-18(11-27)7-24-15(28)25-18/h1-2,6,13H,3-5,7-11H2,(H2,24,25,28). The minimum atomic E-state index is -4.41. The third kappa shape index (κ3) is 3.18. The molecule has 2 N–H and O–H groups in total. The zero-order valence-electron chi connectivity index (χ0n) is 15.8.